The van der Waals surface area contributed by atoms with Crippen LogP contribution >= 0.6 is 0 Å². The third kappa shape index (κ3) is 4.01. The van der Waals surface area contributed by atoms with Crippen molar-refractivity contribution >= 4 is 17.4 Å². The molecular formula is C24H26N2O6. The summed E-state index contributed by atoms with van der Waals surface area (Å²) in [6, 6.07) is 11.4. The first kappa shape index (κ1) is 21.7. The van der Waals surface area contributed by atoms with Crippen LogP contribution in [0.2, 0.25) is 0 Å². The Hall–Kier alpha value is -3.52. The van der Waals surface area contributed by atoms with Crippen LogP contribution in [0, 0.1) is 0 Å². The summed E-state index contributed by atoms with van der Waals surface area (Å²) in [5.41, 5.74) is 1.12. The van der Waals surface area contributed by atoms with E-state index in [0.717, 1.165) is 6.54 Å². The van der Waals surface area contributed by atoms with Crippen LogP contribution in [0.15, 0.2) is 48.0 Å². The molecule has 0 aromatic heterocycles. The Labute approximate surface area is 186 Å². The molecule has 2 aliphatic heterocycles. The molecule has 2 aliphatic rings. The van der Waals surface area contributed by atoms with Crippen molar-refractivity contribution in [1.29, 1.82) is 0 Å². The SMILES string of the molecule is COc1cccc(C2/C(=C(\O)c3ccc4c(c3)OCO4)C(=O)C(=O)N2CCCN(C)C)c1. The first-order valence-corrected chi connectivity index (χ1v) is 10.4. The number of ketones is 1. The highest BCUT2D eigenvalue weighted by Gasteiger charge is 2.46. The number of carbonyl (C=O) groups excluding carboxylic acids is 2. The van der Waals surface area contributed by atoms with Crippen molar-refractivity contribution in [3.63, 3.8) is 0 Å². The molecule has 1 N–H and O–H groups in total. The van der Waals surface area contributed by atoms with E-state index in [2.05, 4.69) is 0 Å². The van der Waals surface area contributed by atoms with Crippen LogP contribution < -0.4 is 14.2 Å². The number of hydrogen-bond donors (Lipinski definition) is 1. The van der Waals surface area contributed by atoms with Gasteiger partial charge < -0.3 is 29.1 Å². The number of benzene rings is 2. The Kier molecular flexibility index (Phi) is 6.05. The molecule has 0 spiro atoms. The van der Waals surface area contributed by atoms with Gasteiger partial charge in [0.05, 0.1) is 18.7 Å². The van der Waals surface area contributed by atoms with Crippen LogP contribution in [0.4, 0.5) is 0 Å². The number of ether oxygens (including phenoxy) is 3. The molecular weight excluding hydrogens is 412 g/mol. The Morgan fingerprint density at radius 1 is 1.16 bits per heavy atom. The predicted octanol–water partition coefficient (Wildman–Crippen LogP) is 2.80. The number of fused-ring (bicyclic) bond motifs is 1. The highest BCUT2D eigenvalue weighted by atomic mass is 16.7. The molecule has 1 amide bonds. The lowest BCUT2D eigenvalue weighted by molar-refractivity contribution is -0.139. The quantitative estimate of drug-likeness (QED) is 0.404. The number of hydrogen-bond acceptors (Lipinski definition) is 7. The molecule has 8 heteroatoms. The van der Waals surface area contributed by atoms with E-state index < -0.39 is 17.7 Å². The number of Topliss-reactive ketones (excluding diaryl/α,β-unsaturated/α-hetero) is 1. The van der Waals surface area contributed by atoms with Crippen molar-refractivity contribution < 1.29 is 28.9 Å². The van der Waals surface area contributed by atoms with Crippen molar-refractivity contribution in [2.24, 2.45) is 0 Å². The summed E-state index contributed by atoms with van der Waals surface area (Å²) in [5, 5.41) is 11.2. The van der Waals surface area contributed by atoms with Crippen molar-refractivity contribution in [3.8, 4) is 17.2 Å². The van der Waals surface area contributed by atoms with Crippen molar-refractivity contribution in [3.05, 3.63) is 59.2 Å². The molecule has 1 fully saturated rings. The second kappa shape index (κ2) is 8.92. The van der Waals surface area contributed by atoms with Gasteiger partial charge in [0.2, 0.25) is 6.79 Å². The summed E-state index contributed by atoms with van der Waals surface area (Å²) in [4.78, 5) is 29.6. The van der Waals surface area contributed by atoms with Crippen LogP contribution in [0.25, 0.3) is 5.76 Å². The van der Waals surface area contributed by atoms with E-state index in [-0.39, 0.29) is 18.1 Å². The maximum absolute atomic E-state index is 13.1. The van der Waals surface area contributed by atoms with E-state index in [1.165, 1.54) is 4.90 Å². The first-order chi connectivity index (χ1) is 15.4. The Morgan fingerprint density at radius 2 is 1.94 bits per heavy atom. The van der Waals surface area contributed by atoms with Crippen LogP contribution in [0.3, 0.4) is 0 Å². The van der Waals surface area contributed by atoms with Gasteiger partial charge in [0.15, 0.2) is 11.5 Å². The minimum absolute atomic E-state index is 0.0481. The highest BCUT2D eigenvalue weighted by Crippen LogP contribution is 2.42. The molecule has 1 saturated heterocycles. The van der Waals surface area contributed by atoms with Gasteiger partial charge in [-0.15, -0.1) is 0 Å². The van der Waals surface area contributed by atoms with Crippen LogP contribution in [0.1, 0.15) is 23.6 Å². The fourth-order valence-electron chi connectivity index (χ4n) is 4.03. The molecule has 2 aromatic carbocycles. The molecule has 1 unspecified atom stereocenters. The number of rotatable bonds is 7. The monoisotopic (exact) mass is 438 g/mol. The van der Waals surface area contributed by atoms with E-state index in [1.807, 2.05) is 25.1 Å². The highest BCUT2D eigenvalue weighted by molar-refractivity contribution is 6.46. The summed E-state index contributed by atoms with van der Waals surface area (Å²) in [5.74, 6) is 0.0629. The van der Waals surface area contributed by atoms with Crippen LogP contribution in [-0.2, 0) is 9.59 Å². The van der Waals surface area contributed by atoms with Crippen LogP contribution in [0.5, 0.6) is 17.2 Å². The first-order valence-electron chi connectivity index (χ1n) is 10.4. The summed E-state index contributed by atoms with van der Waals surface area (Å²) in [6.45, 7) is 1.23. The van der Waals surface area contributed by atoms with Gasteiger partial charge in [0, 0.05) is 12.1 Å². The second-order valence-electron chi connectivity index (χ2n) is 7.99. The zero-order valence-electron chi connectivity index (χ0n) is 18.3. The number of aliphatic hydroxyl groups excluding tert-OH is 1. The topological polar surface area (TPSA) is 88.5 Å². The molecule has 0 aliphatic carbocycles. The lowest BCUT2D eigenvalue weighted by Gasteiger charge is -2.26. The van der Waals surface area contributed by atoms with Crippen molar-refractivity contribution in [2.45, 2.75) is 12.5 Å². The van der Waals surface area contributed by atoms with Crippen molar-refractivity contribution in [2.75, 3.05) is 41.1 Å². The van der Waals surface area contributed by atoms with E-state index >= 15 is 0 Å². The smallest absolute Gasteiger partial charge is 0.295 e. The second-order valence-corrected chi connectivity index (χ2v) is 7.99. The van der Waals surface area contributed by atoms with Gasteiger partial charge in [-0.1, -0.05) is 12.1 Å². The lowest BCUT2D eigenvalue weighted by Crippen LogP contribution is -2.32. The predicted molar refractivity (Wildman–Crippen MR) is 118 cm³/mol. The van der Waals surface area contributed by atoms with E-state index in [9.17, 15) is 14.7 Å². The molecule has 4 rings (SSSR count). The maximum Gasteiger partial charge on any atom is 0.295 e. The average molecular weight is 438 g/mol. The van der Waals surface area contributed by atoms with Gasteiger partial charge in [-0.3, -0.25) is 9.59 Å². The molecule has 2 heterocycles. The molecule has 168 valence electrons. The largest absolute Gasteiger partial charge is 0.507 e. The summed E-state index contributed by atoms with van der Waals surface area (Å²) < 4.78 is 16.1. The van der Waals surface area contributed by atoms with E-state index in [4.69, 9.17) is 14.2 Å². The zero-order valence-corrected chi connectivity index (χ0v) is 18.3. The molecule has 0 radical (unpaired) electrons. The fourth-order valence-corrected chi connectivity index (χ4v) is 4.03. The molecule has 32 heavy (non-hydrogen) atoms. The van der Waals surface area contributed by atoms with Crippen LogP contribution in [-0.4, -0.2) is 67.7 Å². The third-order valence-electron chi connectivity index (χ3n) is 5.60. The van der Waals surface area contributed by atoms with Gasteiger partial charge in [-0.25, -0.2) is 0 Å². The van der Waals surface area contributed by atoms with Gasteiger partial charge in [0.25, 0.3) is 11.7 Å². The number of aliphatic hydroxyl groups is 1. The minimum atomic E-state index is -0.724. The number of carbonyl (C=O) groups is 2. The van der Waals surface area contributed by atoms with Gasteiger partial charge in [-0.05, 0) is 63.0 Å². The zero-order chi connectivity index (χ0) is 22.8. The fraction of sp³-hybridized carbons (Fsp3) is 0.333. The number of likely N-dealkylation sites (tertiary alicyclic amines) is 1. The summed E-state index contributed by atoms with van der Waals surface area (Å²) in [6.07, 6.45) is 0.685. The average Bonchev–Trinajstić information content (AvgIpc) is 3.36. The standard InChI is InChI=1S/C24H26N2O6/c1-25(2)10-5-11-26-21(15-6-4-7-17(12-15)30-3)20(23(28)24(26)29)22(27)16-8-9-18-19(13-16)32-14-31-18/h4,6-9,12-13,21,27H,5,10-11,14H2,1-3H3/b22-20+. The summed E-state index contributed by atoms with van der Waals surface area (Å²) in [7, 11) is 5.46. The van der Waals surface area contributed by atoms with Gasteiger partial charge in [0.1, 0.15) is 11.5 Å². The summed E-state index contributed by atoms with van der Waals surface area (Å²) >= 11 is 0. The minimum Gasteiger partial charge on any atom is -0.507 e. The molecule has 0 bridgehead atoms. The Morgan fingerprint density at radius 3 is 2.69 bits per heavy atom. The van der Waals surface area contributed by atoms with E-state index in [0.29, 0.717) is 41.3 Å². The maximum atomic E-state index is 13.1. The number of methoxy groups -OCH3 is 1. The molecule has 2 aromatic rings. The van der Waals surface area contributed by atoms with E-state index in [1.54, 1.807) is 43.5 Å². The van der Waals surface area contributed by atoms with Crippen molar-refractivity contribution in [1.82, 2.24) is 9.80 Å². The molecule has 0 saturated carbocycles. The lowest BCUT2D eigenvalue weighted by atomic mass is 9.95. The van der Waals surface area contributed by atoms with Gasteiger partial charge in [-0.2, -0.15) is 0 Å². The number of nitrogens with zero attached hydrogens (tertiary/aromatic N) is 2. The third-order valence-corrected chi connectivity index (χ3v) is 5.60. The Balaban J connectivity index is 1.80. The normalized spacial score (nSPS) is 19.1. The van der Waals surface area contributed by atoms with Gasteiger partial charge >= 0.3 is 0 Å². The number of amides is 1. The molecule has 8 nitrogen and oxygen atoms in total. The Bertz CT molecular complexity index is 1080. The molecule has 1 atom stereocenters.